The first kappa shape index (κ1) is 30.8. The Labute approximate surface area is 230 Å². The third kappa shape index (κ3) is 5.29. The van der Waals surface area contributed by atoms with Crippen molar-refractivity contribution in [3.63, 3.8) is 0 Å². The van der Waals surface area contributed by atoms with Crippen LogP contribution in [0, 0.1) is 11.6 Å². The molecule has 0 bridgehead atoms. The van der Waals surface area contributed by atoms with Gasteiger partial charge in [-0.15, -0.1) is 0 Å². The van der Waals surface area contributed by atoms with Gasteiger partial charge in [0.05, 0.1) is 18.6 Å². The van der Waals surface area contributed by atoms with Crippen LogP contribution in [0.15, 0.2) is 71.6 Å². The van der Waals surface area contributed by atoms with E-state index in [2.05, 4.69) is 4.74 Å². The van der Waals surface area contributed by atoms with Gasteiger partial charge in [0, 0.05) is 11.1 Å². The standard InChI is InChI=1S/C28H24F8O4S/c1-39-24-13-10-22(30)16-18(24)17-40-26(27(31,32)33,28(34,35)36)20-6-4-19(5-7-20)25(14-2-3-15-25)41(37,38)23-11-8-21(29)9-12-23/h4-13,16H,2-3,14-15,17H2,1H3. The Morgan fingerprint density at radius 2 is 1.32 bits per heavy atom. The van der Waals surface area contributed by atoms with Gasteiger partial charge in [0.1, 0.15) is 22.1 Å². The van der Waals surface area contributed by atoms with Crippen molar-refractivity contribution in [2.24, 2.45) is 0 Å². The third-order valence-electron chi connectivity index (χ3n) is 7.35. The third-order valence-corrected chi connectivity index (χ3v) is 9.92. The lowest BCUT2D eigenvalue weighted by atomic mass is 9.88. The molecule has 0 heterocycles. The molecule has 4 rings (SSSR count). The highest BCUT2D eigenvalue weighted by atomic mass is 32.2. The van der Waals surface area contributed by atoms with Gasteiger partial charge in [-0.25, -0.2) is 17.2 Å². The van der Waals surface area contributed by atoms with Crippen LogP contribution in [-0.2, 0) is 31.5 Å². The number of halogens is 8. The van der Waals surface area contributed by atoms with E-state index >= 15 is 0 Å². The zero-order valence-electron chi connectivity index (χ0n) is 21.5. The molecule has 0 radical (unpaired) electrons. The number of ether oxygens (including phenoxy) is 2. The highest BCUT2D eigenvalue weighted by molar-refractivity contribution is 7.92. The van der Waals surface area contributed by atoms with Crippen molar-refractivity contribution in [1.82, 2.24) is 0 Å². The van der Waals surface area contributed by atoms with Crippen molar-refractivity contribution in [3.05, 3.63) is 95.1 Å². The lowest BCUT2D eigenvalue weighted by Gasteiger charge is -2.38. The highest BCUT2D eigenvalue weighted by Gasteiger charge is 2.73. The largest absolute Gasteiger partial charge is 0.496 e. The Bertz CT molecular complexity index is 1460. The molecule has 3 aromatic rings. The Morgan fingerprint density at radius 1 is 0.780 bits per heavy atom. The van der Waals surface area contributed by atoms with Crippen LogP contribution in [0.1, 0.15) is 42.4 Å². The number of alkyl halides is 6. The van der Waals surface area contributed by atoms with Crippen molar-refractivity contribution < 1.29 is 53.0 Å². The minimum atomic E-state index is -6.03. The molecule has 0 atom stereocenters. The van der Waals surface area contributed by atoms with Crippen LogP contribution in [0.2, 0.25) is 0 Å². The Morgan fingerprint density at radius 3 is 1.83 bits per heavy atom. The zero-order valence-corrected chi connectivity index (χ0v) is 22.3. The molecular weight excluding hydrogens is 584 g/mol. The van der Waals surface area contributed by atoms with Gasteiger partial charge in [-0.2, -0.15) is 26.3 Å². The monoisotopic (exact) mass is 608 g/mol. The smallest absolute Gasteiger partial charge is 0.430 e. The maximum Gasteiger partial charge on any atom is 0.430 e. The first-order valence-electron chi connectivity index (χ1n) is 12.3. The van der Waals surface area contributed by atoms with Gasteiger partial charge in [-0.05, 0) is 60.9 Å². The molecule has 1 saturated carbocycles. The summed E-state index contributed by atoms with van der Waals surface area (Å²) < 4.78 is 149. The fourth-order valence-electron chi connectivity index (χ4n) is 5.29. The number of methoxy groups -OCH3 is 1. The number of hydrogen-bond acceptors (Lipinski definition) is 4. The minimum Gasteiger partial charge on any atom is -0.496 e. The summed E-state index contributed by atoms with van der Waals surface area (Å²) in [4.78, 5) is -0.225. The second-order valence-electron chi connectivity index (χ2n) is 9.66. The fraction of sp³-hybridized carbons (Fsp3) is 0.357. The van der Waals surface area contributed by atoms with Crippen LogP contribution in [0.4, 0.5) is 35.1 Å². The number of hydrogen-bond donors (Lipinski definition) is 0. The Balaban J connectivity index is 1.81. The lowest BCUT2D eigenvalue weighted by Crippen LogP contribution is -2.55. The maximum atomic E-state index is 14.4. The van der Waals surface area contributed by atoms with Gasteiger partial charge >= 0.3 is 12.4 Å². The zero-order chi connectivity index (χ0) is 30.3. The van der Waals surface area contributed by atoms with Gasteiger partial charge in [-0.1, -0.05) is 37.1 Å². The summed E-state index contributed by atoms with van der Waals surface area (Å²) in [5.41, 5.74) is -6.58. The number of sulfone groups is 1. The topological polar surface area (TPSA) is 52.6 Å². The van der Waals surface area contributed by atoms with E-state index in [1.165, 1.54) is 0 Å². The molecule has 222 valence electrons. The quantitative estimate of drug-likeness (QED) is 0.194. The van der Waals surface area contributed by atoms with Crippen LogP contribution in [0.5, 0.6) is 5.75 Å². The van der Waals surface area contributed by atoms with E-state index in [9.17, 15) is 43.5 Å². The summed E-state index contributed by atoms with van der Waals surface area (Å²) >= 11 is 0. The molecule has 0 spiro atoms. The summed E-state index contributed by atoms with van der Waals surface area (Å²) in [6, 6.07) is 9.59. The molecule has 0 N–H and O–H groups in total. The van der Waals surface area contributed by atoms with Crippen LogP contribution < -0.4 is 4.74 Å². The van der Waals surface area contributed by atoms with Gasteiger partial charge in [0.25, 0.3) is 5.60 Å². The van der Waals surface area contributed by atoms with Crippen LogP contribution in [0.3, 0.4) is 0 Å². The molecule has 0 unspecified atom stereocenters. The molecule has 41 heavy (non-hydrogen) atoms. The van der Waals surface area contributed by atoms with Crippen LogP contribution in [-0.4, -0.2) is 27.9 Å². The molecule has 0 aromatic heterocycles. The average Bonchev–Trinajstić information content (AvgIpc) is 3.40. The second-order valence-corrected chi connectivity index (χ2v) is 11.9. The molecule has 4 nitrogen and oxygen atoms in total. The predicted octanol–water partition coefficient (Wildman–Crippen LogP) is 7.75. The first-order valence-corrected chi connectivity index (χ1v) is 13.8. The molecule has 1 aliphatic carbocycles. The van der Waals surface area contributed by atoms with Gasteiger partial charge in [-0.3, -0.25) is 0 Å². The molecule has 1 fully saturated rings. The number of rotatable bonds is 8. The molecule has 0 saturated heterocycles. The van der Waals surface area contributed by atoms with Gasteiger partial charge in [0.2, 0.25) is 0 Å². The normalized spacial score (nSPS) is 16.1. The van der Waals surface area contributed by atoms with E-state index in [0.717, 1.165) is 55.6 Å². The summed E-state index contributed by atoms with van der Waals surface area (Å²) in [5.74, 6) is -1.79. The summed E-state index contributed by atoms with van der Waals surface area (Å²) in [6.07, 6.45) is -11.1. The van der Waals surface area contributed by atoms with Crippen molar-refractivity contribution in [1.29, 1.82) is 0 Å². The van der Waals surface area contributed by atoms with E-state index in [1.807, 2.05) is 0 Å². The first-order chi connectivity index (χ1) is 19.1. The van der Waals surface area contributed by atoms with Crippen molar-refractivity contribution >= 4 is 9.84 Å². The molecule has 0 aliphatic heterocycles. The van der Waals surface area contributed by atoms with Gasteiger partial charge < -0.3 is 9.47 Å². The predicted molar refractivity (Wildman–Crippen MR) is 132 cm³/mol. The molecular formula is C28H24F8O4S. The fourth-order valence-corrected chi connectivity index (χ4v) is 7.51. The summed E-state index contributed by atoms with van der Waals surface area (Å²) in [7, 11) is -3.12. The Kier molecular flexibility index (Phi) is 8.18. The maximum absolute atomic E-state index is 14.4. The molecule has 13 heteroatoms. The SMILES string of the molecule is COc1ccc(F)cc1COC(c1ccc(C2(S(=O)(=O)c3ccc(F)cc3)CCCC2)cc1)(C(F)(F)F)C(F)(F)F. The van der Waals surface area contributed by atoms with E-state index < -0.39 is 61.9 Å². The Hall–Kier alpha value is -3.19. The highest BCUT2D eigenvalue weighted by Crippen LogP contribution is 2.54. The second kappa shape index (κ2) is 10.9. The van der Waals surface area contributed by atoms with Crippen molar-refractivity contribution in [2.75, 3.05) is 7.11 Å². The lowest BCUT2D eigenvalue weighted by molar-refractivity contribution is -0.392. The summed E-state index contributed by atoms with van der Waals surface area (Å²) in [6.45, 7) is -1.31. The van der Waals surface area contributed by atoms with E-state index in [0.29, 0.717) is 31.0 Å². The average molecular weight is 609 g/mol. The van der Waals surface area contributed by atoms with Crippen LogP contribution in [0.25, 0.3) is 0 Å². The van der Waals surface area contributed by atoms with Crippen molar-refractivity contribution in [2.45, 2.75) is 59.9 Å². The molecule has 1 aliphatic rings. The van der Waals surface area contributed by atoms with E-state index in [1.54, 1.807) is 0 Å². The van der Waals surface area contributed by atoms with E-state index in [-0.39, 0.29) is 29.1 Å². The van der Waals surface area contributed by atoms with Crippen molar-refractivity contribution in [3.8, 4) is 5.75 Å². The number of benzene rings is 3. The van der Waals surface area contributed by atoms with Gasteiger partial charge in [0.15, 0.2) is 9.84 Å². The molecule has 0 amide bonds. The minimum absolute atomic E-state index is 0.00637. The van der Waals surface area contributed by atoms with Crippen LogP contribution >= 0.6 is 0 Å². The van der Waals surface area contributed by atoms with E-state index in [4.69, 9.17) is 4.74 Å². The summed E-state index contributed by atoms with van der Waals surface area (Å²) in [5, 5.41) is 0. The molecule has 3 aromatic carbocycles.